The average Bonchev–Trinajstić information content (AvgIpc) is 2.27. The molecule has 0 spiro atoms. The quantitative estimate of drug-likeness (QED) is 0.600. The summed E-state index contributed by atoms with van der Waals surface area (Å²) in [5, 5.41) is 24.1. The van der Waals surface area contributed by atoms with E-state index in [2.05, 4.69) is 5.32 Å². The number of benzene rings is 1. The molecule has 1 N–H and O–H groups in total. The van der Waals surface area contributed by atoms with Crippen LogP contribution in [0.2, 0.25) is 0 Å². The third kappa shape index (κ3) is 1.60. The largest absolute Gasteiger partial charge is 0.483 e. The second-order valence-corrected chi connectivity index (χ2v) is 3.13. The molecular weight excluding hydrogens is 218 g/mol. The van der Waals surface area contributed by atoms with Gasteiger partial charge in [0.15, 0.2) is 0 Å². The summed E-state index contributed by atoms with van der Waals surface area (Å²) in [6, 6.07) is 2.12. The molecule has 0 fully saturated rings. The van der Waals surface area contributed by atoms with Crippen LogP contribution in [0.1, 0.15) is 0 Å². The summed E-state index contributed by atoms with van der Waals surface area (Å²) in [7, 11) is 0. The molecule has 0 amide bonds. The normalized spacial score (nSPS) is 13.2. The molecule has 0 radical (unpaired) electrons. The number of non-ortho nitro benzene ring substituents is 1. The molecule has 2 rings (SSSR count). The summed E-state index contributed by atoms with van der Waals surface area (Å²) in [5.41, 5.74) is -0.438. The number of fused-ring (bicyclic) bond motifs is 1. The van der Waals surface area contributed by atoms with Gasteiger partial charge < -0.3 is 10.1 Å². The minimum Gasteiger partial charge on any atom is -0.483 e. The SMILES string of the molecule is O=[N+]([O-])c1cc2c(c([N+](=O)[O-])c1)OCCN2. The number of ether oxygens (including phenoxy) is 1. The van der Waals surface area contributed by atoms with Crippen LogP contribution in [0.4, 0.5) is 17.1 Å². The maximum atomic E-state index is 10.7. The Labute approximate surface area is 89.1 Å². The highest BCUT2D eigenvalue weighted by atomic mass is 16.6. The molecule has 1 heterocycles. The van der Waals surface area contributed by atoms with Gasteiger partial charge >= 0.3 is 5.69 Å². The Morgan fingerprint density at radius 1 is 1.25 bits per heavy atom. The van der Waals surface area contributed by atoms with Gasteiger partial charge in [0.2, 0.25) is 5.75 Å². The number of nitro benzene ring substituents is 2. The number of nitrogens with zero attached hydrogens (tertiary/aromatic N) is 2. The zero-order valence-corrected chi connectivity index (χ0v) is 8.00. The molecule has 0 saturated carbocycles. The monoisotopic (exact) mass is 225 g/mol. The molecule has 84 valence electrons. The van der Waals surface area contributed by atoms with Gasteiger partial charge in [-0.2, -0.15) is 0 Å². The Kier molecular flexibility index (Phi) is 2.31. The van der Waals surface area contributed by atoms with E-state index in [1.807, 2.05) is 0 Å². The Hall–Kier alpha value is -2.38. The van der Waals surface area contributed by atoms with Crippen LogP contribution >= 0.6 is 0 Å². The molecule has 0 unspecified atom stereocenters. The Morgan fingerprint density at radius 2 is 2.00 bits per heavy atom. The van der Waals surface area contributed by atoms with Crippen LogP contribution < -0.4 is 10.1 Å². The van der Waals surface area contributed by atoms with E-state index in [4.69, 9.17) is 4.74 Å². The molecule has 16 heavy (non-hydrogen) atoms. The van der Waals surface area contributed by atoms with Crippen molar-refractivity contribution < 1.29 is 14.6 Å². The number of anilines is 1. The number of rotatable bonds is 2. The minimum atomic E-state index is -0.696. The molecule has 1 aliphatic rings. The van der Waals surface area contributed by atoms with E-state index >= 15 is 0 Å². The van der Waals surface area contributed by atoms with E-state index in [9.17, 15) is 20.2 Å². The predicted octanol–water partition coefficient (Wildman–Crippen LogP) is 1.31. The van der Waals surface area contributed by atoms with Crippen molar-refractivity contribution in [3.05, 3.63) is 32.4 Å². The van der Waals surface area contributed by atoms with Crippen LogP contribution in [0.5, 0.6) is 5.75 Å². The third-order valence-corrected chi connectivity index (χ3v) is 2.13. The molecule has 1 aromatic rings. The van der Waals surface area contributed by atoms with Crippen molar-refractivity contribution in [1.29, 1.82) is 0 Å². The van der Waals surface area contributed by atoms with Crippen LogP contribution in [0.15, 0.2) is 12.1 Å². The summed E-state index contributed by atoms with van der Waals surface area (Å²) in [6.07, 6.45) is 0. The lowest BCUT2D eigenvalue weighted by molar-refractivity contribution is -0.394. The number of hydrogen-bond donors (Lipinski definition) is 1. The van der Waals surface area contributed by atoms with Gasteiger partial charge in [-0.25, -0.2) is 0 Å². The van der Waals surface area contributed by atoms with Crippen LogP contribution in [0.3, 0.4) is 0 Å². The molecule has 8 nitrogen and oxygen atoms in total. The molecule has 0 aromatic heterocycles. The second kappa shape index (κ2) is 3.65. The van der Waals surface area contributed by atoms with E-state index in [-0.39, 0.29) is 17.1 Å². The zero-order valence-electron chi connectivity index (χ0n) is 8.00. The average molecular weight is 225 g/mol. The van der Waals surface area contributed by atoms with E-state index in [0.717, 1.165) is 6.07 Å². The van der Waals surface area contributed by atoms with Crippen molar-refractivity contribution in [3.8, 4) is 5.75 Å². The van der Waals surface area contributed by atoms with Crippen molar-refractivity contribution in [2.45, 2.75) is 0 Å². The fraction of sp³-hybridized carbons (Fsp3) is 0.250. The maximum absolute atomic E-state index is 10.7. The Bertz CT molecular complexity index is 473. The fourth-order valence-corrected chi connectivity index (χ4v) is 1.46. The van der Waals surface area contributed by atoms with Gasteiger partial charge in [-0.15, -0.1) is 0 Å². The van der Waals surface area contributed by atoms with Crippen molar-refractivity contribution in [3.63, 3.8) is 0 Å². The molecule has 0 aliphatic carbocycles. The first kappa shape index (κ1) is 10.1. The molecule has 8 heteroatoms. The second-order valence-electron chi connectivity index (χ2n) is 3.13. The highest BCUT2D eigenvalue weighted by molar-refractivity contribution is 5.71. The molecule has 1 aliphatic heterocycles. The number of hydrogen-bond acceptors (Lipinski definition) is 6. The van der Waals surface area contributed by atoms with Gasteiger partial charge in [-0.3, -0.25) is 20.2 Å². The van der Waals surface area contributed by atoms with E-state index in [1.54, 1.807) is 0 Å². The van der Waals surface area contributed by atoms with Crippen LogP contribution in [0.25, 0.3) is 0 Å². The first-order valence-electron chi connectivity index (χ1n) is 4.43. The Balaban J connectivity index is 2.61. The fourth-order valence-electron chi connectivity index (χ4n) is 1.46. The lowest BCUT2D eigenvalue weighted by atomic mass is 10.2. The first-order chi connectivity index (χ1) is 7.59. The van der Waals surface area contributed by atoms with Gasteiger partial charge in [0, 0.05) is 12.6 Å². The molecule has 0 saturated heterocycles. The summed E-state index contributed by atoms with van der Waals surface area (Å²) in [4.78, 5) is 19.9. The number of nitrogens with one attached hydrogen (secondary N) is 1. The lowest BCUT2D eigenvalue weighted by Gasteiger charge is -2.18. The summed E-state index contributed by atoms with van der Waals surface area (Å²) in [6.45, 7) is 0.761. The molecular formula is C8H7N3O5. The zero-order chi connectivity index (χ0) is 11.7. The van der Waals surface area contributed by atoms with E-state index in [0.29, 0.717) is 13.2 Å². The van der Waals surface area contributed by atoms with Gasteiger partial charge in [0.05, 0.1) is 21.6 Å². The molecule has 0 bridgehead atoms. The summed E-state index contributed by atoms with van der Waals surface area (Å²) in [5.74, 6) is 0.0573. The third-order valence-electron chi connectivity index (χ3n) is 2.13. The van der Waals surface area contributed by atoms with Crippen LogP contribution in [-0.4, -0.2) is 23.0 Å². The highest BCUT2D eigenvalue weighted by Gasteiger charge is 2.27. The van der Waals surface area contributed by atoms with Crippen molar-refractivity contribution in [1.82, 2.24) is 0 Å². The van der Waals surface area contributed by atoms with Crippen LogP contribution in [-0.2, 0) is 0 Å². The van der Waals surface area contributed by atoms with Crippen LogP contribution in [0, 0.1) is 20.2 Å². The lowest BCUT2D eigenvalue weighted by Crippen LogP contribution is -2.19. The summed E-state index contributed by atoms with van der Waals surface area (Å²) < 4.78 is 5.12. The smallest absolute Gasteiger partial charge is 0.320 e. The maximum Gasteiger partial charge on any atom is 0.320 e. The van der Waals surface area contributed by atoms with Gasteiger partial charge in [-0.05, 0) is 0 Å². The van der Waals surface area contributed by atoms with Gasteiger partial charge in [-0.1, -0.05) is 0 Å². The summed E-state index contributed by atoms with van der Waals surface area (Å²) >= 11 is 0. The van der Waals surface area contributed by atoms with Crippen molar-refractivity contribution in [2.24, 2.45) is 0 Å². The van der Waals surface area contributed by atoms with Crippen molar-refractivity contribution in [2.75, 3.05) is 18.5 Å². The van der Waals surface area contributed by atoms with Gasteiger partial charge in [0.25, 0.3) is 5.69 Å². The molecule has 1 aromatic carbocycles. The van der Waals surface area contributed by atoms with E-state index in [1.165, 1.54) is 6.07 Å². The predicted molar refractivity (Wildman–Crippen MR) is 53.7 cm³/mol. The number of nitro groups is 2. The highest BCUT2D eigenvalue weighted by Crippen LogP contribution is 2.40. The topological polar surface area (TPSA) is 108 Å². The minimum absolute atomic E-state index is 0.0573. The van der Waals surface area contributed by atoms with Gasteiger partial charge in [0.1, 0.15) is 6.61 Å². The van der Waals surface area contributed by atoms with Crippen molar-refractivity contribution >= 4 is 17.1 Å². The molecule has 0 atom stereocenters. The standard InChI is InChI=1S/C8H7N3O5/c12-10(13)5-3-6-8(16-2-1-9-6)7(4-5)11(14)15/h3-4,9H,1-2H2. The van der Waals surface area contributed by atoms with E-state index < -0.39 is 15.5 Å². The first-order valence-corrected chi connectivity index (χ1v) is 4.43. The Morgan fingerprint density at radius 3 is 2.62 bits per heavy atom.